The minimum atomic E-state index is 0.00323. The molecule has 0 aromatic rings. The van der Waals surface area contributed by atoms with Crippen LogP contribution in [0.1, 0.15) is 59.8 Å². The molecule has 1 fully saturated rings. The number of allylic oxidation sites excluding steroid dienone is 2. The molecule has 17 heavy (non-hydrogen) atoms. The predicted octanol–water partition coefficient (Wildman–Crippen LogP) is 4.64. The number of rotatable bonds is 4. The van der Waals surface area contributed by atoms with Crippen LogP contribution in [0.25, 0.3) is 0 Å². The molecule has 0 saturated heterocycles. The second-order valence-corrected chi connectivity index (χ2v) is 6.14. The Bertz CT molecular complexity index is 331. The molecule has 0 bridgehead atoms. The predicted molar refractivity (Wildman–Crippen MR) is 73.0 cm³/mol. The van der Waals surface area contributed by atoms with E-state index in [1.54, 1.807) is 5.57 Å². The summed E-state index contributed by atoms with van der Waals surface area (Å²) in [6, 6.07) is 0. The molecule has 1 unspecified atom stereocenters. The first-order chi connectivity index (χ1) is 8.02. The van der Waals surface area contributed by atoms with Crippen LogP contribution in [0.4, 0.5) is 0 Å². The quantitative estimate of drug-likeness (QED) is 0.688. The summed E-state index contributed by atoms with van der Waals surface area (Å²) in [6.45, 7) is 8.80. The van der Waals surface area contributed by atoms with E-state index in [1.807, 2.05) is 0 Å². The fourth-order valence-corrected chi connectivity index (χ4v) is 2.63. The van der Waals surface area contributed by atoms with E-state index in [9.17, 15) is 0 Å². The summed E-state index contributed by atoms with van der Waals surface area (Å²) in [4.78, 5) is 0. The summed E-state index contributed by atoms with van der Waals surface area (Å²) in [5.41, 5.74) is 3.06. The van der Waals surface area contributed by atoms with Gasteiger partial charge in [0.25, 0.3) is 0 Å². The van der Waals surface area contributed by atoms with Gasteiger partial charge in [-0.2, -0.15) is 0 Å². The van der Waals surface area contributed by atoms with Crippen LogP contribution in [0.2, 0.25) is 0 Å². The summed E-state index contributed by atoms with van der Waals surface area (Å²) in [6.07, 6.45) is 11.4. The van der Waals surface area contributed by atoms with Crippen molar-refractivity contribution >= 4 is 0 Å². The van der Waals surface area contributed by atoms with Crippen molar-refractivity contribution in [1.29, 1.82) is 0 Å². The standard InChI is InChI=1S/C16H26O/c1-5-16(3,4)17-14-9-10-15(12(2)11-14)13-7-6-8-13/h10-11,13-14H,5-9H2,1-4H3. The van der Waals surface area contributed by atoms with Gasteiger partial charge in [-0.15, -0.1) is 0 Å². The molecule has 2 aliphatic rings. The summed E-state index contributed by atoms with van der Waals surface area (Å²) >= 11 is 0. The lowest BCUT2D eigenvalue weighted by Gasteiger charge is -2.34. The Balaban J connectivity index is 1.96. The maximum atomic E-state index is 6.16. The molecule has 96 valence electrons. The van der Waals surface area contributed by atoms with Crippen molar-refractivity contribution < 1.29 is 4.74 Å². The van der Waals surface area contributed by atoms with Crippen molar-refractivity contribution in [3.8, 4) is 0 Å². The first kappa shape index (κ1) is 12.9. The molecule has 0 N–H and O–H groups in total. The molecule has 0 aromatic heterocycles. The molecule has 1 atom stereocenters. The van der Waals surface area contributed by atoms with E-state index < -0.39 is 0 Å². The van der Waals surface area contributed by atoms with E-state index in [0.29, 0.717) is 0 Å². The third-order valence-electron chi connectivity index (χ3n) is 4.33. The van der Waals surface area contributed by atoms with Crippen molar-refractivity contribution in [2.45, 2.75) is 71.5 Å². The highest BCUT2D eigenvalue weighted by atomic mass is 16.5. The van der Waals surface area contributed by atoms with Crippen molar-refractivity contribution in [2.24, 2.45) is 5.92 Å². The van der Waals surface area contributed by atoms with Crippen molar-refractivity contribution in [3.63, 3.8) is 0 Å². The Morgan fingerprint density at radius 1 is 1.35 bits per heavy atom. The molecule has 1 nitrogen and oxygen atoms in total. The Labute approximate surface area is 106 Å². The van der Waals surface area contributed by atoms with E-state index in [2.05, 4.69) is 39.8 Å². The van der Waals surface area contributed by atoms with Crippen molar-refractivity contribution in [1.82, 2.24) is 0 Å². The van der Waals surface area contributed by atoms with Crippen LogP contribution >= 0.6 is 0 Å². The molecule has 1 heteroatoms. The fourth-order valence-electron chi connectivity index (χ4n) is 2.63. The van der Waals surface area contributed by atoms with Crippen LogP contribution < -0.4 is 0 Å². The number of hydrogen-bond donors (Lipinski definition) is 0. The zero-order valence-electron chi connectivity index (χ0n) is 11.8. The van der Waals surface area contributed by atoms with Gasteiger partial charge in [0.15, 0.2) is 0 Å². The van der Waals surface area contributed by atoms with E-state index in [1.165, 1.54) is 24.8 Å². The van der Waals surface area contributed by atoms with Gasteiger partial charge in [0.1, 0.15) is 0 Å². The third kappa shape index (κ3) is 3.01. The first-order valence-electron chi connectivity index (χ1n) is 7.08. The Hall–Kier alpha value is -0.560. The minimum Gasteiger partial charge on any atom is -0.368 e. The summed E-state index contributed by atoms with van der Waals surface area (Å²) < 4.78 is 6.16. The first-order valence-corrected chi connectivity index (χ1v) is 7.08. The largest absolute Gasteiger partial charge is 0.368 e. The van der Waals surface area contributed by atoms with Crippen LogP contribution in [0.5, 0.6) is 0 Å². The van der Waals surface area contributed by atoms with E-state index in [0.717, 1.165) is 18.8 Å². The molecular formula is C16H26O. The normalized spacial score (nSPS) is 26.2. The van der Waals surface area contributed by atoms with Crippen molar-refractivity contribution in [3.05, 3.63) is 23.3 Å². The zero-order valence-corrected chi connectivity index (χ0v) is 11.8. The van der Waals surface area contributed by atoms with Gasteiger partial charge in [-0.1, -0.05) is 25.5 Å². The second-order valence-electron chi connectivity index (χ2n) is 6.14. The molecule has 1 saturated carbocycles. The van der Waals surface area contributed by atoms with Crippen LogP contribution in [-0.2, 0) is 4.74 Å². The Morgan fingerprint density at radius 3 is 2.53 bits per heavy atom. The SMILES string of the molecule is CCC(C)(C)OC1C=C(C)C(C2CCC2)=CC1. The van der Waals surface area contributed by atoms with Crippen LogP contribution in [0.15, 0.2) is 23.3 Å². The monoisotopic (exact) mass is 234 g/mol. The lowest BCUT2D eigenvalue weighted by Crippen LogP contribution is -2.30. The summed E-state index contributed by atoms with van der Waals surface area (Å²) in [7, 11) is 0. The molecule has 2 aliphatic carbocycles. The van der Waals surface area contributed by atoms with Gasteiger partial charge >= 0.3 is 0 Å². The summed E-state index contributed by atoms with van der Waals surface area (Å²) in [5.74, 6) is 0.853. The van der Waals surface area contributed by atoms with Crippen LogP contribution in [0.3, 0.4) is 0 Å². The highest BCUT2D eigenvalue weighted by Crippen LogP contribution is 2.39. The number of hydrogen-bond acceptors (Lipinski definition) is 1. The van der Waals surface area contributed by atoms with Gasteiger partial charge in [-0.3, -0.25) is 0 Å². The van der Waals surface area contributed by atoms with Crippen LogP contribution in [-0.4, -0.2) is 11.7 Å². The minimum absolute atomic E-state index is 0.00323. The topological polar surface area (TPSA) is 9.23 Å². The third-order valence-corrected chi connectivity index (χ3v) is 4.33. The van der Waals surface area contributed by atoms with E-state index >= 15 is 0 Å². The fraction of sp³-hybridized carbons (Fsp3) is 0.750. The molecule has 0 heterocycles. The van der Waals surface area contributed by atoms with Gasteiger partial charge in [-0.25, -0.2) is 0 Å². The maximum absolute atomic E-state index is 6.16. The summed E-state index contributed by atoms with van der Waals surface area (Å²) in [5, 5.41) is 0. The Kier molecular flexibility index (Phi) is 3.77. The molecule has 0 spiro atoms. The van der Waals surface area contributed by atoms with Gasteiger partial charge in [0.2, 0.25) is 0 Å². The van der Waals surface area contributed by atoms with Gasteiger partial charge < -0.3 is 4.74 Å². The second kappa shape index (κ2) is 4.97. The molecule has 0 amide bonds. The highest BCUT2D eigenvalue weighted by molar-refractivity contribution is 5.36. The van der Waals surface area contributed by atoms with E-state index in [4.69, 9.17) is 4.74 Å². The molecule has 0 aromatic carbocycles. The molecule has 0 aliphatic heterocycles. The average molecular weight is 234 g/mol. The van der Waals surface area contributed by atoms with Crippen molar-refractivity contribution in [2.75, 3.05) is 0 Å². The zero-order chi connectivity index (χ0) is 12.5. The van der Waals surface area contributed by atoms with Gasteiger partial charge in [0, 0.05) is 0 Å². The average Bonchev–Trinajstić information content (AvgIpc) is 2.19. The van der Waals surface area contributed by atoms with Gasteiger partial charge in [-0.05, 0) is 63.5 Å². The molecule has 0 radical (unpaired) electrons. The maximum Gasteiger partial charge on any atom is 0.0803 e. The molecular weight excluding hydrogens is 208 g/mol. The number of ether oxygens (including phenoxy) is 1. The lowest BCUT2D eigenvalue weighted by atomic mass is 9.75. The smallest absolute Gasteiger partial charge is 0.0803 e. The van der Waals surface area contributed by atoms with E-state index in [-0.39, 0.29) is 11.7 Å². The highest BCUT2D eigenvalue weighted by Gasteiger charge is 2.27. The Morgan fingerprint density at radius 2 is 2.06 bits per heavy atom. The lowest BCUT2D eigenvalue weighted by molar-refractivity contribution is -0.0524. The van der Waals surface area contributed by atoms with Gasteiger partial charge in [0.05, 0.1) is 11.7 Å². The van der Waals surface area contributed by atoms with Crippen LogP contribution in [0, 0.1) is 5.92 Å². The molecule has 2 rings (SSSR count).